The van der Waals surface area contributed by atoms with Crippen LogP contribution in [-0.2, 0) is 6.61 Å². The first-order chi connectivity index (χ1) is 18.3. The third-order valence-corrected chi connectivity index (χ3v) is 5.75. The third kappa shape index (κ3) is 5.87. The van der Waals surface area contributed by atoms with E-state index in [1.54, 1.807) is 30.5 Å². The number of methoxy groups -OCH3 is 3. The highest BCUT2D eigenvalue weighted by atomic mass is 35.5. The molecule has 0 spiro atoms. The Bertz CT molecular complexity index is 1500. The fraction of sp³-hybridized carbons (Fsp3) is 0.148. The number of halogens is 2. The van der Waals surface area contributed by atoms with Crippen LogP contribution in [0.1, 0.15) is 21.6 Å². The van der Waals surface area contributed by atoms with Gasteiger partial charge in [-0.25, -0.2) is 9.07 Å². The lowest BCUT2D eigenvalue weighted by Crippen LogP contribution is -2.01. The van der Waals surface area contributed by atoms with Gasteiger partial charge in [0.25, 0.3) is 0 Å². The van der Waals surface area contributed by atoms with Crippen molar-refractivity contribution in [3.05, 3.63) is 88.5 Å². The number of benzene rings is 3. The van der Waals surface area contributed by atoms with Gasteiger partial charge in [0, 0.05) is 12.1 Å². The van der Waals surface area contributed by atoms with Crippen molar-refractivity contribution in [2.24, 2.45) is 0 Å². The fourth-order valence-electron chi connectivity index (χ4n) is 3.54. The number of ketones is 1. The number of ether oxygens (including phenoxy) is 4. The van der Waals surface area contributed by atoms with Crippen LogP contribution in [0.25, 0.3) is 11.8 Å². The van der Waals surface area contributed by atoms with E-state index >= 15 is 0 Å². The highest BCUT2D eigenvalue weighted by Gasteiger charge is 2.17. The summed E-state index contributed by atoms with van der Waals surface area (Å²) in [5, 5.41) is 18.4. The van der Waals surface area contributed by atoms with Gasteiger partial charge in [-0.2, -0.15) is 0 Å². The van der Waals surface area contributed by atoms with Crippen LogP contribution in [0.2, 0.25) is 5.02 Å². The molecule has 9 nitrogen and oxygen atoms in total. The van der Waals surface area contributed by atoms with Gasteiger partial charge in [-0.1, -0.05) is 29.0 Å². The topological polar surface area (TPSA) is 105 Å². The maximum atomic E-state index is 13.4. The van der Waals surface area contributed by atoms with Crippen LogP contribution < -0.4 is 18.9 Å². The Morgan fingerprint density at radius 3 is 2.53 bits per heavy atom. The number of nitrogens with zero attached hydrogens (tertiary/aromatic N) is 3. The normalized spacial score (nSPS) is 11.0. The van der Waals surface area contributed by atoms with Crippen LogP contribution in [0.5, 0.6) is 28.7 Å². The average molecular weight is 540 g/mol. The zero-order valence-corrected chi connectivity index (χ0v) is 21.4. The second-order valence-electron chi connectivity index (χ2n) is 7.87. The SMILES string of the molecule is COc1cc(O)c(C(=O)/C=C/c2ccc(OC)c(OCc3cn(-c4ccc(F)c(Cl)c4)nn3)c2)c(OC)c1. The van der Waals surface area contributed by atoms with Crippen LogP contribution in [0.4, 0.5) is 4.39 Å². The summed E-state index contributed by atoms with van der Waals surface area (Å²) in [5.74, 6) is 0.182. The second kappa shape index (κ2) is 11.7. The molecule has 0 bridgehead atoms. The summed E-state index contributed by atoms with van der Waals surface area (Å²) in [5.41, 5.74) is 1.71. The first-order valence-corrected chi connectivity index (χ1v) is 11.6. The van der Waals surface area contributed by atoms with Gasteiger partial charge < -0.3 is 24.1 Å². The molecule has 1 heterocycles. The van der Waals surface area contributed by atoms with E-state index in [-0.39, 0.29) is 28.7 Å². The fourth-order valence-corrected chi connectivity index (χ4v) is 3.71. The summed E-state index contributed by atoms with van der Waals surface area (Å²) in [6, 6.07) is 12.2. The van der Waals surface area contributed by atoms with Crippen molar-refractivity contribution in [3.8, 4) is 34.4 Å². The zero-order chi connectivity index (χ0) is 27.2. The van der Waals surface area contributed by atoms with Gasteiger partial charge in [0.1, 0.15) is 40.9 Å². The number of aromatic nitrogens is 3. The molecule has 38 heavy (non-hydrogen) atoms. The first-order valence-electron chi connectivity index (χ1n) is 11.2. The molecule has 0 atom stereocenters. The Hall–Kier alpha value is -4.57. The maximum Gasteiger partial charge on any atom is 0.193 e. The van der Waals surface area contributed by atoms with Crippen LogP contribution in [0.3, 0.4) is 0 Å². The molecule has 0 unspecified atom stereocenters. The van der Waals surface area contributed by atoms with Gasteiger partial charge in [-0.3, -0.25) is 4.79 Å². The Balaban J connectivity index is 1.50. The van der Waals surface area contributed by atoms with Crippen molar-refractivity contribution in [1.29, 1.82) is 0 Å². The second-order valence-corrected chi connectivity index (χ2v) is 8.28. The first kappa shape index (κ1) is 26.5. The molecular formula is C27H23ClFN3O6. The van der Waals surface area contributed by atoms with Crippen molar-refractivity contribution in [1.82, 2.24) is 15.0 Å². The molecule has 0 saturated carbocycles. The highest BCUT2D eigenvalue weighted by molar-refractivity contribution is 6.30. The van der Waals surface area contributed by atoms with E-state index in [1.807, 2.05) is 0 Å². The number of aromatic hydroxyl groups is 1. The summed E-state index contributed by atoms with van der Waals surface area (Å²) < 4.78 is 36.5. The predicted octanol–water partition coefficient (Wildman–Crippen LogP) is 5.27. The molecule has 0 saturated heterocycles. The number of rotatable bonds is 10. The molecule has 0 aliphatic carbocycles. The molecule has 1 aromatic heterocycles. The van der Waals surface area contributed by atoms with Gasteiger partial charge in [0.2, 0.25) is 0 Å². The summed E-state index contributed by atoms with van der Waals surface area (Å²) >= 11 is 5.85. The van der Waals surface area contributed by atoms with Crippen molar-refractivity contribution in [3.63, 3.8) is 0 Å². The third-order valence-electron chi connectivity index (χ3n) is 5.46. The number of carbonyl (C=O) groups excluding carboxylic acids is 1. The van der Waals surface area contributed by atoms with Crippen LogP contribution in [-0.4, -0.2) is 47.2 Å². The lowest BCUT2D eigenvalue weighted by molar-refractivity contribution is 0.104. The lowest BCUT2D eigenvalue weighted by Gasteiger charge is -2.11. The van der Waals surface area contributed by atoms with Gasteiger partial charge in [-0.15, -0.1) is 5.10 Å². The van der Waals surface area contributed by atoms with E-state index in [2.05, 4.69) is 10.3 Å². The number of phenols is 1. The molecule has 0 aliphatic heterocycles. The van der Waals surface area contributed by atoms with Crippen LogP contribution in [0.15, 0.2) is 60.8 Å². The number of carbonyl (C=O) groups is 1. The highest BCUT2D eigenvalue weighted by Crippen LogP contribution is 2.34. The summed E-state index contributed by atoms with van der Waals surface area (Å²) in [6.07, 6.45) is 4.52. The molecule has 0 aliphatic rings. The standard InChI is InChI=1S/C27H23ClFN3O6/c1-35-19-12-23(34)27(26(13-19)37-3)22(33)8-4-16-5-9-24(36-2)25(10-16)38-15-17-14-32(31-30-17)18-6-7-21(29)20(28)11-18/h4-14,34H,15H2,1-3H3/b8-4+. The number of hydrogen-bond acceptors (Lipinski definition) is 8. The van der Waals surface area contributed by atoms with Crippen molar-refractivity contribution in [2.45, 2.75) is 6.61 Å². The average Bonchev–Trinajstić information content (AvgIpc) is 3.40. The van der Waals surface area contributed by atoms with Crippen molar-refractivity contribution in [2.75, 3.05) is 21.3 Å². The molecule has 196 valence electrons. The smallest absolute Gasteiger partial charge is 0.193 e. The Morgan fingerprint density at radius 2 is 1.82 bits per heavy atom. The number of allylic oxidation sites excluding steroid dienone is 1. The molecule has 1 N–H and O–H groups in total. The molecule has 11 heteroatoms. The minimum atomic E-state index is -0.526. The van der Waals surface area contributed by atoms with Gasteiger partial charge in [0.15, 0.2) is 17.3 Å². The van der Waals surface area contributed by atoms with Gasteiger partial charge in [-0.05, 0) is 42.0 Å². The predicted molar refractivity (Wildman–Crippen MR) is 138 cm³/mol. The zero-order valence-electron chi connectivity index (χ0n) is 20.6. The summed E-state index contributed by atoms with van der Waals surface area (Å²) in [6.45, 7) is 0.0638. The van der Waals surface area contributed by atoms with Crippen molar-refractivity contribution >= 4 is 23.5 Å². The van der Waals surface area contributed by atoms with Gasteiger partial charge in [0.05, 0.1) is 38.2 Å². The Labute approximate surface area is 222 Å². The maximum absolute atomic E-state index is 13.4. The molecule has 0 radical (unpaired) electrons. The molecule has 0 amide bonds. The summed E-state index contributed by atoms with van der Waals surface area (Å²) in [7, 11) is 4.35. The molecule has 3 aromatic carbocycles. The Morgan fingerprint density at radius 1 is 1.03 bits per heavy atom. The summed E-state index contributed by atoms with van der Waals surface area (Å²) in [4.78, 5) is 12.8. The monoisotopic (exact) mass is 539 g/mol. The Kier molecular flexibility index (Phi) is 8.12. The van der Waals surface area contributed by atoms with E-state index < -0.39 is 11.6 Å². The minimum absolute atomic E-state index is 0.0139. The minimum Gasteiger partial charge on any atom is -0.507 e. The molecular weight excluding hydrogens is 517 g/mol. The largest absolute Gasteiger partial charge is 0.507 e. The number of phenolic OH excluding ortho intramolecular Hbond substituents is 1. The quantitative estimate of drug-likeness (QED) is 0.215. The number of hydrogen-bond donors (Lipinski definition) is 1. The van der Waals surface area contributed by atoms with Gasteiger partial charge >= 0.3 is 0 Å². The van der Waals surface area contributed by atoms with E-state index in [0.29, 0.717) is 34.2 Å². The van der Waals surface area contributed by atoms with Crippen LogP contribution in [0, 0.1) is 5.82 Å². The van der Waals surface area contributed by atoms with Crippen LogP contribution >= 0.6 is 11.6 Å². The van der Waals surface area contributed by atoms with E-state index in [4.69, 9.17) is 30.5 Å². The van der Waals surface area contributed by atoms with E-state index in [9.17, 15) is 14.3 Å². The molecule has 4 rings (SSSR count). The molecule has 4 aromatic rings. The molecule has 0 fully saturated rings. The van der Waals surface area contributed by atoms with E-state index in [1.165, 1.54) is 62.4 Å². The van der Waals surface area contributed by atoms with E-state index in [0.717, 1.165) is 0 Å². The lowest BCUT2D eigenvalue weighted by atomic mass is 10.1. The van der Waals surface area contributed by atoms with Crippen molar-refractivity contribution < 1.29 is 33.2 Å².